The second-order valence-corrected chi connectivity index (χ2v) is 8.19. The van der Waals surface area contributed by atoms with Gasteiger partial charge in [-0.15, -0.1) is 0 Å². The number of morpholine rings is 1. The molecule has 20 heavy (non-hydrogen) atoms. The molecule has 1 aliphatic rings. The van der Waals surface area contributed by atoms with Crippen LogP contribution in [0.25, 0.3) is 0 Å². The van der Waals surface area contributed by atoms with Gasteiger partial charge in [0, 0.05) is 26.2 Å². The highest BCUT2D eigenvalue weighted by molar-refractivity contribution is 7.86. The highest BCUT2D eigenvalue weighted by Crippen LogP contribution is 2.24. The van der Waals surface area contributed by atoms with Crippen LogP contribution in [-0.2, 0) is 14.9 Å². The lowest BCUT2D eigenvalue weighted by Crippen LogP contribution is -2.58. The van der Waals surface area contributed by atoms with Gasteiger partial charge in [0.25, 0.3) is 10.2 Å². The van der Waals surface area contributed by atoms with Crippen molar-refractivity contribution in [2.45, 2.75) is 45.7 Å². The monoisotopic (exact) mass is 307 g/mol. The summed E-state index contributed by atoms with van der Waals surface area (Å²) in [4.78, 5) is 0. The van der Waals surface area contributed by atoms with E-state index >= 15 is 0 Å². The predicted molar refractivity (Wildman–Crippen MR) is 80.9 cm³/mol. The van der Waals surface area contributed by atoms with Gasteiger partial charge in [-0.2, -0.15) is 17.0 Å². The van der Waals surface area contributed by atoms with Crippen LogP contribution in [0.3, 0.4) is 0 Å². The molecule has 0 aromatic carbocycles. The summed E-state index contributed by atoms with van der Waals surface area (Å²) in [5.41, 5.74) is -0.485. The minimum absolute atomic E-state index is 0.421. The Balaban J connectivity index is 2.58. The first-order chi connectivity index (χ1) is 9.18. The topological polar surface area (TPSA) is 61.9 Å². The molecule has 0 saturated carbocycles. The fourth-order valence-corrected chi connectivity index (χ4v) is 3.93. The maximum absolute atomic E-state index is 12.6. The lowest BCUT2D eigenvalue weighted by Gasteiger charge is -2.42. The summed E-state index contributed by atoms with van der Waals surface area (Å²) >= 11 is 0. The molecule has 1 fully saturated rings. The summed E-state index contributed by atoms with van der Waals surface area (Å²) in [6.45, 7) is 10.6. The van der Waals surface area contributed by atoms with Crippen LogP contribution >= 0.6 is 0 Å². The number of hydrogen-bond acceptors (Lipinski definition) is 4. The van der Waals surface area contributed by atoms with Gasteiger partial charge in [-0.3, -0.25) is 0 Å². The van der Waals surface area contributed by atoms with Crippen molar-refractivity contribution in [3.05, 3.63) is 0 Å². The van der Waals surface area contributed by atoms with Gasteiger partial charge in [0.2, 0.25) is 0 Å². The van der Waals surface area contributed by atoms with Crippen LogP contribution in [0.4, 0.5) is 0 Å². The van der Waals surface area contributed by atoms with E-state index < -0.39 is 15.7 Å². The second kappa shape index (κ2) is 7.17. The zero-order valence-electron chi connectivity index (χ0n) is 13.3. The van der Waals surface area contributed by atoms with E-state index in [1.165, 1.54) is 4.31 Å². The normalized spacial score (nSPS) is 20.8. The van der Waals surface area contributed by atoms with Crippen molar-refractivity contribution in [3.63, 3.8) is 0 Å². The first-order valence-corrected chi connectivity index (χ1v) is 8.63. The van der Waals surface area contributed by atoms with Crippen molar-refractivity contribution in [1.82, 2.24) is 13.9 Å². The third-order valence-corrected chi connectivity index (χ3v) is 5.65. The van der Waals surface area contributed by atoms with Crippen molar-refractivity contribution in [1.29, 1.82) is 0 Å². The second-order valence-electron chi connectivity index (χ2n) is 6.23. The molecule has 0 unspecified atom stereocenters. The largest absolute Gasteiger partial charge is 0.378 e. The van der Waals surface area contributed by atoms with Crippen molar-refractivity contribution in [3.8, 4) is 0 Å². The molecule has 0 aliphatic carbocycles. The minimum Gasteiger partial charge on any atom is -0.378 e. The zero-order chi connectivity index (χ0) is 15.4. The molecule has 6 nitrogen and oxygen atoms in total. The molecule has 0 spiro atoms. The molecule has 1 saturated heterocycles. The average Bonchev–Trinajstić information content (AvgIpc) is 2.33. The number of nitrogens with one attached hydrogen (secondary N) is 1. The maximum atomic E-state index is 12.6. The average molecular weight is 307 g/mol. The van der Waals surface area contributed by atoms with E-state index in [0.717, 1.165) is 13.0 Å². The van der Waals surface area contributed by atoms with Crippen LogP contribution in [0, 0.1) is 0 Å². The maximum Gasteiger partial charge on any atom is 0.282 e. The van der Waals surface area contributed by atoms with Crippen molar-refractivity contribution >= 4 is 10.2 Å². The van der Waals surface area contributed by atoms with Gasteiger partial charge < -0.3 is 10.1 Å². The molecule has 1 N–H and O–H groups in total. The molecule has 120 valence electrons. The summed E-state index contributed by atoms with van der Waals surface area (Å²) in [6, 6.07) is 0.426. The molecule has 0 radical (unpaired) electrons. The Labute approximate surface area is 123 Å². The van der Waals surface area contributed by atoms with Gasteiger partial charge in [-0.25, -0.2) is 0 Å². The summed E-state index contributed by atoms with van der Waals surface area (Å²) in [5.74, 6) is 0. The van der Waals surface area contributed by atoms with Crippen LogP contribution < -0.4 is 5.32 Å². The van der Waals surface area contributed by atoms with E-state index in [1.54, 1.807) is 11.4 Å². The quantitative estimate of drug-likeness (QED) is 0.702. The molecule has 0 aromatic heterocycles. The van der Waals surface area contributed by atoms with Crippen LogP contribution in [0.15, 0.2) is 0 Å². The third-order valence-electron chi connectivity index (χ3n) is 3.44. The molecule has 0 amide bonds. The van der Waals surface area contributed by atoms with Crippen molar-refractivity contribution < 1.29 is 13.2 Å². The van der Waals surface area contributed by atoms with E-state index in [-0.39, 0.29) is 0 Å². The standard InChI is InChI=1S/C13H29N3O3S/c1-12(2)14-7-6-8-15(5)20(17,18)16-9-10-19-11-13(16,3)4/h12,14H,6-11H2,1-5H3. The van der Waals surface area contributed by atoms with E-state index in [9.17, 15) is 8.42 Å². The Morgan fingerprint density at radius 3 is 2.60 bits per heavy atom. The summed E-state index contributed by atoms with van der Waals surface area (Å²) in [5, 5.41) is 3.29. The highest BCUT2D eigenvalue weighted by atomic mass is 32.2. The number of ether oxygens (including phenoxy) is 1. The van der Waals surface area contributed by atoms with Gasteiger partial charge in [0.15, 0.2) is 0 Å². The summed E-state index contributed by atoms with van der Waals surface area (Å²) in [6.07, 6.45) is 0.804. The fourth-order valence-electron chi connectivity index (χ4n) is 2.25. The molecule has 1 heterocycles. The number of hydrogen-bond donors (Lipinski definition) is 1. The van der Waals surface area contributed by atoms with Crippen LogP contribution in [0.1, 0.15) is 34.1 Å². The van der Waals surface area contributed by atoms with Crippen LogP contribution in [0.2, 0.25) is 0 Å². The Morgan fingerprint density at radius 2 is 2.05 bits per heavy atom. The van der Waals surface area contributed by atoms with Gasteiger partial charge >= 0.3 is 0 Å². The Hall–Kier alpha value is -0.210. The minimum atomic E-state index is -3.41. The Kier molecular flexibility index (Phi) is 6.40. The first-order valence-electron chi connectivity index (χ1n) is 7.23. The Morgan fingerprint density at radius 1 is 1.40 bits per heavy atom. The predicted octanol–water partition coefficient (Wildman–Crippen LogP) is 0.662. The van der Waals surface area contributed by atoms with Crippen molar-refractivity contribution in [2.75, 3.05) is 39.9 Å². The van der Waals surface area contributed by atoms with Gasteiger partial charge in [0.05, 0.1) is 18.8 Å². The Bertz CT molecular complexity index is 396. The molecular formula is C13H29N3O3S. The van der Waals surface area contributed by atoms with Crippen molar-refractivity contribution in [2.24, 2.45) is 0 Å². The molecule has 7 heteroatoms. The lowest BCUT2D eigenvalue weighted by molar-refractivity contribution is -0.0102. The smallest absolute Gasteiger partial charge is 0.282 e. The summed E-state index contributed by atoms with van der Waals surface area (Å²) in [7, 11) is -1.76. The van der Waals surface area contributed by atoms with Gasteiger partial charge in [-0.1, -0.05) is 13.8 Å². The molecule has 1 rings (SSSR count). The van der Waals surface area contributed by atoms with E-state index in [0.29, 0.717) is 32.3 Å². The van der Waals surface area contributed by atoms with Crippen LogP contribution in [-0.4, -0.2) is 68.5 Å². The van der Waals surface area contributed by atoms with E-state index in [1.807, 2.05) is 13.8 Å². The number of rotatable bonds is 7. The number of nitrogens with zero attached hydrogens (tertiary/aromatic N) is 2. The van der Waals surface area contributed by atoms with Gasteiger partial charge in [0.1, 0.15) is 0 Å². The SMILES string of the molecule is CC(C)NCCCN(C)S(=O)(=O)N1CCOCC1(C)C. The molecular weight excluding hydrogens is 278 g/mol. The lowest BCUT2D eigenvalue weighted by atomic mass is 10.1. The van der Waals surface area contributed by atoms with E-state index in [4.69, 9.17) is 4.74 Å². The van der Waals surface area contributed by atoms with Crippen LogP contribution in [0.5, 0.6) is 0 Å². The first kappa shape index (κ1) is 17.8. The molecule has 0 atom stereocenters. The zero-order valence-corrected chi connectivity index (χ0v) is 14.2. The van der Waals surface area contributed by atoms with Gasteiger partial charge in [-0.05, 0) is 26.8 Å². The molecule has 0 aromatic rings. The molecule has 0 bridgehead atoms. The fraction of sp³-hybridized carbons (Fsp3) is 1.00. The summed E-state index contributed by atoms with van der Waals surface area (Å²) < 4.78 is 33.6. The van der Waals surface area contributed by atoms with E-state index in [2.05, 4.69) is 19.2 Å². The third kappa shape index (κ3) is 4.66. The molecule has 1 aliphatic heterocycles. The highest BCUT2D eigenvalue weighted by Gasteiger charge is 2.40.